The molecule has 6 nitrogen and oxygen atoms in total. The molecule has 0 unspecified atom stereocenters. The zero-order valence-electron chi connectivity index (χ0n) is 13.0. The number of nitrogens with zero attached hydrogens (tertiary/aromatic N) is 2. The number of anilines is 1. The third-order valence-corrected chi connectivity index (χ3v) is 4.72. The molecule has 1 amide bonds. The van der Waals surface area contributed by atoms with E-state index in [0.29, 0.717) is 37.2 Å². The Bertz CT molecular complexity index is 834. The van der Waals surface area contributed by atoms with E-state index in [9.17, 15) is 14.9 Å². The van der Waals surface area contributed by atoms with Gasteiger partial charge in [-0.25, -0.2) is 0 Å². The molecule has 0 spiro atoms. The summed E-state index contributed by atoms with van der Waals surface area (Å²) in [7, 11) is 0. The minimum Gasteiger partial charge on any atom is -0.493 e. The normalized spacial score (nSPS) is 18.5. The van der Waals surface area contributed by atoms with Crippen molar-refractivity contribution in [1.29, 1.82) is 0 Å². The first-order valence-corrected chi connectivity index (χ1v) is 7.96. The summed E-state index contributed by atoms with van der Waals surface area (Å²) in [6, 6.07) is 12.5. The van der Waals surface area contributed by atoms with Gasteiger partial charge in [0.15, 0.2) is 0 Å². The van der Waals surface area contributed by atoms with E-state index in [1.165, 1.54) is 6.07 Å². The van der Waals surface area contributed by atoms with Crippen molar-refractivity contribution in [3.05, 3.63) is 63.7 Å². The highest BCUT2D eigenvalue weighted by Gasteiger charge is 2.36. The largest absolute Gasteiger partial charge is 0.493 e. The van der Waals surface area contributed by atoms with Crippen LogP contribution in [0.2, 0.25) is 0 Å². The second kappa shape index (κ2) is 5.63. The maximum absolute atomic E-state index is 13.1. The molecule has 6 heteroatoms. The number of nitro benzene ring substituents is 1. The second-order valence-electron chi connectivity index (χ2n) is 6.00. The SMILES string of the molecule is O=C([C@H]1CCOc2ccccc21)N1CCc2c1cccc2[N+](=O)[O-]. The highest BCUT2D eigenvalue weighted by Crippen LogP contribution is 2.39. The van der Waals surface area contributed by atoms with Crippen molar-refractivity contribution in [3.63, 3.8) is 0 Å². The van der Waals surface area contributed by atoms with Gasteiger partial charge in [-0.2, -0.15) is 0 Å². The molecule has 0 saturated carbocycles. The molecule has 0 fully saturated rings. The standard InChI is InChI=1S/C18H16N2O4/c21-18(13-9-11-24-17-7-2-1-4-12(13)17)19-10-8-14-15(19)5-3-6-16(14)20(22)23/h1-7,13H,8-11H2/t13-/m0/s1. The van der Waals surface area contributed by atoms with Crippen molar-refractivity contribution >= 4 is 17.3 Å². The summed E-state index contributed by atoms with van der Waals surface area (Å²) in [5.74, 6) is 0.478. The maximum Gasteiger partial charge on any atom is 0.274 e. The van der Waals surface area contributed by atoms with Crippen LogP contribution in [0.4, 0.5) is 11.4 Å². The Hall–Kier alpha value is -2.89. The monoisotopic (exact) mass is 324 g/mol. The van der Waals surface area contributed by atoms with E-state index >= 15 is 0 Å². The number of hydrogen-bond donors (Lipinski definition) is 0. The second-order valence-corrected chi connectivity index (χ2v) is 6.00. The lowest BCUT2D eigenvalue weighted by Gasteiger charge is -2.29. The van der Waals surface area contributed by atoms with Crippen LogP contribution < -0.4 is 9.64 Å². The van der Waals surface area contributed by atoms with Gasteiger partial charge in [0.2, 0.25) is 5.91 Å². The minimum atomic E-state index is -0.378. The first-order valence-electron chi connectivity index (χ1n) is 7.96. The molecule has 0 bridgehead atoms. The average molecular weight is 324 g/mol. The number of nitro groups is 1. The van der Waals surface area contributed by atoms with Gasteiger partial charge in [-0.05, 0) is 25.0 Å². The van der Waals surface area contributed by atoms with E-state index in [0.717, 1.165) is 11.3 Å². The molecule has 0 radical (unpaired) electrons. The summed E-state index contributed by atoms with van der Waals surface area (Å²) in [6.45, 7) is 0.988. The predicted molar refractivity (Wildman–Crippen MR) is 88.4 cm³/mol. The van der Waals surface area contributed by atoms with Crippen LogP contribution in [-0.4, -0.2) is 24.0 Å². The van der Waals surface area contributed by atoms with Gasteiger partial charge in [-0.15, -0.1) is 0 Å². The third kappa shape index (κ3) is 2.22. The molecule has 2 aliphatic heterocycles. The maximum atomic E-state index is 13.1. The van der Waals surface area contributed by atoms with E-state index in [2.05, 4.69) is 0 Å². The Balaban J connectivity index is 1.70. The van der Waals surface area contributed by atoms with Crippen LogP contribution in [0.1, 0.15) is 23.5 Å². The molecule has 2 aliphatic rings. The van der Waals surface area contributed by atoms with Gasteiger partial charge in [0.1, 0.15) is 5.75 Å². The van der Waals surface area contributed by atoms with E-state index in [1.54, 1.807) is 17.0 Å². The fourth-order valence-electron chi connectivity index (χ4n) is 3.60. The lowest BCUT2D eigenvalue weighted by molar-refractivity contribution is -0.385. The molecule has 24 heavy (non-hydrogen) atoms. The molecule has 122 valence electrons. The number of amides is 1. The Morgan fingerprint density at radius 3 is 2.88 bits per heavy atom. The number of fused-ring (bicyclic) bond motifs is 2. The van der Waals surface area contributed by atoms with Gasteiger partial charge in [-0.1, -0.05) is 24.3 Å². The smallest absolute Gasteiger partial charge is 0.274 e. The Morgan fingerprint density at radius 2 is 2.04 bits per heavy atom. The molecular weight excluding hydrogens is 308 g/mol. The van der Waals surface area contributed by atoms with Gasteiger partial charge in [0.05, 0.1) is 28.7 Å². The van der Waals surface area contributed by atoms with E-state index in [-0.39, 0.29) is 22.4 Å². The molecule has 2 heterocycles. The number of carbonyl (C=O) groups excluding carboxylic acids is 1. The van der Waals surface area contributed by atoms with E-state index < -0.39 is 0 Å². The molecule has 2 aromatic carbocycles. The Morgan fingerprint density at radius 1 is 1.21 bits per heavy atom. The van der Waals surface area contributed by atoms with Gasteiger partial charge in [-0.3, -0.25) is 14.9 Å². The zero-order valence-corrected chi connectivity index (χ0v) is 13.0. The van der Waals surface area contributed by atoms with Crippen molar-refractivity contribution in [2.75, 3.05) is 18.1 Å². The summed E-state index contributed by atoms with van der Waals surface area (Å²) in [5.41, 5.74) is 2.30. The van der Waals surface area contributed by atoms with Gasteiger partial charge in [0, 0.05) is 18.2 Å². The first kappa shape index (κ1) is 14.7. The number of benzene rings is 2. The van der Waals surface area contributed by atoms with Gasteiger partial charge in [0.25, 0.3) is 5.69 Å². The van der Waals surface area contributed by atoms with E-state index in [4.69, 9.17) is 4.74 Å². The fourth-order valence-corrected chi connectivity index (χ4v) is 3.60. The summed E-state index contributed by atoms with van der Waals surface area (Å²) >= 11 is 0. The van der Waals surface area contributed by atoms with Crippen molar-refractivity contribution in [2.45, 2.75) is 18.8 Å². The molecule has 2 aromatic rings. The quantitative estimate of drug-likeness (QED) is 0.629. The molecule has 0 N–H and O–H groups in total. The average Bonchev–Trinajstić information content (AvgIpc) is 3.04. The molecule has 0 saturated heterocycles. The van der Waals surface area contributed by atoms with Crippen molar-refractivity contribution in [2.24, 2.45) is 0 Å². The number of para-hydroxylation sites is 1. The van der Waals surface area contributed by atoms with Crippen LogP contribution in [-0.2, 0) is 11.2 Å². The number of hydrogen-bond acceptors (Lipinski definition) is 4. The van der Waals surface area contributed by atoms with Crippen LogP contribution in [0.15, 0.2) is 42.5 Å². The highest BCUT2D eigenvalue weighted by atomic mass is 16.6. The zero-order chi connectivity index (χ0) is 16.7. The van der Waals surface area contributed by atoms with Gasteiger partial charge >= 0.3 is 0 Å². The third-order valence-electron chi connectivity index (χ3n) is 4.72. The molecule has 4 rings (SSSR count). The number of ether oxygens (including phenoxy) is 1. The topological polar surface area (TPSA) is 72.7 Å². The molecule has 0 aromatic heterocycles. The lowest BCUT2D eigenvalue weighted by Crippen LogP contribution is -2.35. The van der Waals surface area contributed by atoms with E-state index in [1.807, 2.05) is 24.3 Å². The molecule has 0 aliphatic carbocycles. The van der Waals surface area contributed by atoms with Crippen molar-refractivity contribution in [3.8, 4) is 5.75 Å². The molecular formula is C18H16N2O4. The molecule has 1 atom stereocenters. The Kier molecular flexibility index (Phi) is 3.45. The van der Waals surface area contributed by atoms with Crippen molar-refractivity contribution < 1.29 is 14.5 Å². The summed E-state index contributed by atoms with van der Waals surface area (Å²) < 4.78 is 5.63. The van der Waals surface area contributed by atoms with Gasteiger partial charge < -0.3 is 9.64 Å². The van der Waals surface area contributed by atoms with Crippen LogP contribution >= 0.6 is 0 Å². The van der Waals surface area contributed by atoms with Crippen LogP contribution in [0.5, 0.6) is 5.75 Å². The summed E-state index contributed by atoms with van der Waals surface area (Å²) in [6.07, 6.45) is 1.14. The summed E-state index contributed by atoms with van der Waals surface area (Å²) in [4.78, 5) is 25.6. The predicted octanol–water partition coefficient (Wildman–Crippen LogP) is 3.05. The highest BCUT2D eigenvalue weighted by molar-refractivity contribution is 6.00. The number of rotatable bonds is 2. The lowest BCUT2D eigenvalue weighted by atomic mass is 9.92. The van der Waals surface area contributed by atoms with Crippen LogP contribution in [0.3, 0.4) is 0 Å². The van der Waals surface area contributed by atoms with Crippen LogP contribution in [0, 0.1) is 10.1 Å². The van der Waals surface area contributed by atoms with Crippen molar-refractivity contribution in [1.82, 2.24) is 0 Å². The van der Waals surface area contributed by atoms with Crippen LogP contribution in [0.25, 0.3) is 0 Å². The summed E-state index contributed by atoms with van der Waals surface area (Å²) in [5, 5.41) is 11.2. The minimum absolute atomic E-state index is 0.00926. The number of carbonyl (C=O) groups is 1. The fraction of sp³-hybridized carbons (Fsp3) is 0.278. The Labute approximate surface area is 138 Å². The first-order chi connectivity index (χ1) is 11.7.